The zero-order valence-electron chi connectivity index (χ0n) is 18.7. The fourth-order valence-corrected chi connectivity index (χ4v) is 3.66. The molecule has 10 heteroatoms. The number of hydrogen-bond acceptors (Lipinski definition) is 7. The quantitative estimate of drug-likeness (QED) is 0.390. The number of anilines is 5. The van der Waals surface area contributed by atoms with Crippen LogP contribution < -0.4 is 15.5 Å². The summed E-state index contributed by atoms with van der Waals surface area (Å²) < 4.78 is 0. The van der Waals surface area contributed by atoms with E-state index in [1.54, 1.807) is 29.2 Å². The number of likely N-dealkylation sites (N-methyl/N-ethyl adjacent to an activating group) is 1. The van der Waals surface area contributed by atoms with Crippen LogP contribution in [0.15, 0.2) is 54.7 Å². The first kappa shape index (κ1) is 23.2. The van der Waals surface area contributed by atoms with Crippen molar-refractivity contribution in [2.45, 2.75) is 12.8 Å². The van der Waals surface area contributed by atoms with Crippen molar-refractivity contribution in [2.24, 2.45) is 0 Å². The molecule has 174 valence electrons. The molecule has 1 aromatic heterocycles. The Hall–Kier alpha value is -3.98. The lowest BCUT2D eigenvalue weighted by molar-refractivity contribution is -0.124. The van der Waals surface area contributed by atoms with Gasteiger partial charge in [-0.05, 0) is 42.8 Å². The Morgan fingerprint density at radius 3 is 2.47 bits per heavy atom. The minimum absolute atomic E-state index is 0.128. The van der Waals surface area contributed by atoms with E-state index >= 15 is 0 Å². The number of nitrogens with one attached hydrogen (secondary N) is 2. The Balaban J connectivity index is 1.53. The molecular weight excluding hydrogens is 456 g/mol. The topological polar surface area (TPSA) is 108 Å². The van der Waals surface area contributed by atoms with Gasteiger partial charge in [0.1, 0.15) is 5.02 Å². The third-order valence-electron chi connectivity index (χ3n) is 5.28. The van der Waals surface area contributed by atoms with E-state index in [0.29, 0.717) is 12.1 Å². The van der Waals surface area contributed by atoms with Crippen molar-refractivity contribution in [1.29, 1.82) is 0 Å². The number of halogens is 1. The molecule has 0 bridgehead atoms. The molecule has 0 radical (unpaired) electrons. The Labute approximate surface area is 201 Å². The van der Waals surface area contributed by atoms with Crippen LogP contribution in [0.1, 0.15) is 23.2 Å². The molecule has 4 rings (SSSR count). The first-order valence-electron chi connectivity index (χ1n) is 10.7. The maximum atomic E-state index is 12.6. The van der Waals surface area contributed by atoms with Gasteiger partial charge in [0, 0.05) is 38.4 Å². The number of Topliss-reactive ketones (excluding diaryl/α,β-unsaturated/α-hetero) is 1. The summed E-state index contributed by atoms with van der Waals surface area (Å²) in [6, 6.07) is 14.1. The van der Waals surface area contributed by atoms with E-state index in [2.05, 4.69) is 20.6 Å². The van der Waals surface area contributed by atoms with Crippen LogP contribution in [0.25, 0.3) is 0 Å². The van der Waals surface area contributed by atoms with Crippen molar-refractivity contribution < 1.29 is 14.4 Å². The third kappa shape index (κ3) is 4.99. The molecule has 3 aromatic rings. The normalized spacial score (nSPS) is 13.0. The lowest BCUT2D eigenvalue weighted by atomic mass is 10.1. The second-order valence-electron chi connectivity index (χ2n) is 7.91. The molecule has 1 aliphatic heterocycles. The molecule has 2 amide bonds. The van der Waals surface area contributed by atoms with Crippen molar-refractivity contribution in [1.82, 2.24) is 14.9 Å². The van der Waals surface area contributed by atoms with Gasteiger partial charge in [0.15, 0.2) is 5.82 Å². The molecule has 0 spiro atoms. The third-order valence-corrected chi connectivity index (χ3v) is 5.55. The number of carbonyl (C=O) groups excluding carboxylic acids is 3. The minimum atomic E-state index is -0.645. The standard InChI is InChI=1S/C24H23ClN6O3/c1-30(2)23(34)21(33)17-6-3-4-7-19(17)28-22-18(25)14-26-24(29-22)27-15-9-11-16(12-10-15)31-13-5-8-20(31)32/h3-4,6-7,9-12,14H,5,8,13H2,1-2H3,(H2,26,27,28,29). The predicted octanol–water partition coefficient (Wildman–Crippen LogP) is 4.01. The minimum Gasteiger partial charge on any atom is -0.342 e. The largest absolute Gasteiger partial charge is 0.342 e. The molecule has 1 saturated heterocycles. The molecule has 9 nitrogen and oxygen atoms in total. The van der Waals surface area contributed by atoms with Gasteiger partial charge in [-0.1, -0.05) is 23.7 Å². The van der Waals surface area contributed by atoms with Crippen molar-refractivity contribution in [3.8, 4) is 0 Å². The molecule has 1 fully saturated rings. The van der Waals surface area contributed by atoms with E-state index in [4.69, 9.17) is 11.6 Å². The molecule has 0 saturated carbocycles. The highest BCUT2D eigenvalue weighted by Crippen LogP contribution is 2.28. The summed E-state index contributed by atoms with van der Waals surface area (Å²) in [5, 5.41) is 6.38. The number of para-hydroxylation sites is 1. The van der Waals surface area contributed by atoms with Gasteiger partial charge in [-0.3, -0.25) is 14.4 Å². The van der Waals surface area contributed by atoms with Gasteiger partial charge >= 0.3 is 0 Å². The first-order chi connectivity index (χ1) is 16.3. The average Bonchev–Trinajstić information content (AvgIpc) is 3.27. The Morgan fingerprint density at radius 1 is 1.06 bits per heavy atom. The SMILES string of the molecule is CN(C)C(=O)C(=O)c1ccccc1Nc1nc(Nc2ccc(N3CCCC3=O)cc2)ncc1Cl. The number of ketones is 1. The van der Waals surface area contributed by atoms with E-state index in [9.17, 15) is 14.4 Å². The van der Waals surface area contributed by atoms with E-state index in [0.717, 1.165) is 24.3 Å². The van der Waals surface area contributed by atoms with Gasteiger partial charge in [0.25, 0.3) is 11.7 Å². The van der Waals surface area contributed by atoms with Crippen LogP contribution in [0.3, 0.4) is 0 Å². The average molecular weight is 479 g/mol. The molecule has 34 heavy (non-hydrogen) atoms. The number of aromatic nitrogens is 2. The van der Waals surface area contributed by atoms with E-state index in [1.165, 1.54) is 25.2 Å². The Kier molecular flexibility index (Phi) is 6.74. The fourth-order valence-electron chi connectivity index (χ4n) is 3.53. The number of hydrogen-bond donors (Lipinski definition) is 2. The number of rotatable bonds is 7. The molecule has 0 unspecified atom stereocenters. The predicted molar refractivity (Wildman–Crippen MR) is 131 cm³/mol. The number of carbonyl (C=O) groups is 3. The van der Waals surface area contributed by atoms with Crippen LogP contribution in [-0.4, -0.2) is 53.1 Å². The van der Waals surface area contributed by atoms with Crippen LogP contribution in [0.5, 0.6) is 0 Å². The molecule has 2 N–H and O–H groups in total. The molecule has 2 aromatic carbocycles. The highest BCUT2D eigenvalue weighted by molar-refractivity contribution is 6.43. The van der Waals surface area contributed by atoms with Crippen LogP contribution in [-0.2, 0) is 9.59 Å². The van der Waals surface area contributed by atoms with Gasteiger partial charge in [-0.25, -0.2) is 4.98 Å². The van der Waals surface area contributed by atoms with Gasteiger partial charge in [-0.2, -0.15) is 4.98 Å². The van der Waals surface area contributed by atoms with Crippen LogP contribution in [0.4, 0.5) is 28.8 Å². The van der Waals surface area contributed by atoms with E-state index < -0.39 is 11.7 Å². The van der Waals surface area contributed by atoms with Gasteiger partial charge in [-0.15, -0.1) is 0 Å². The van der Waals surface area contributed by atoms with Crippen molar-refractivity contribution in [3.63, 3.8) is 0 Å². The van der Waals surface area contributed by atoms with Gasteiger partial charge in [0.05, 0.1) is 17.4 Å². The molecule has 0 atom stereocenters. The summed E-state index contributed by atoms with van der Waals surface area (Å²) in [6.07, 6.45) is 2.88. The maximum Gasteiger partial charge on any atom is 0.294 e. The molecule has 0 aliphatic carbocycles. The van der Waals surface area contributed by atoms with Crippen LogP contribution >= 0.6 is 11.6 Å². The fraction of sp³-hybridized carbons (Fsp3) is 0.208. The maximum absolute atomic E-state index is 12.6. The van der Waals surface area contributed by atoms with Crippen molar-refractivity contribution in [2.75, 3.05) is 36.2 Å². The van der Waals surface area contributed by atoms with Crippen molar-refractivity contribution in [3.05, 3.63) is 65.3 Å². The first-order valence-corrected chi connectivity index (χ1v) is 11.0. The second kappa shape index (κ2) is 9.88. The zero-order chi connectivity index (χ0) is 24.2. The summed E-state index contributed by atoms with van der Waals surface area (Å²) in [4.78, 5) is 48.3. The monoisotopic (exact) mass is 478 g/mol. The molecule has 2 heterocycles. The van der Waals surface area contributed by atoms with Gasteiger partial charge < -0.3 is 20.4 Å². The lowest BCUT2D eigenvalue weighted by Crippen LogP contribution is -2.30. The number of amides is 2. The number of benzene rings is 2. The van der Waals surface area contributed by atoms with E-state index in [-0.39, 0.29) is 28.3 Å². The van der Waals surface area contributed by atoms with E-state index in [1.807, 2.05) is 24.3 Å². The number of nitrogens with zero attached hydrogens (tertiary/aromatic N) is 4. The Bertz CT molecular complexity index is 1250. The van der Waals surface area contributed by atoms with Crippen LogP contribution in [0.2, 0.25) is 5.02 Å². The summed E-state index contributed by atoms with van der Waals surface area (Å²) in [7, 11) is 3.04. The Morgan fingerprint density at radius 2 is 1.79 bits per heavy atom. The highest BCUT2D eigenvalue weighted by atomic mass is 35.5. The van der Waals surface area contributed by atoms with Crippen molar-refractivity contribution >= 4 is 58.0 Å². The highest BCUT2D eigenvalue weighted by Gasteiger charge is 2.22. The molecule has 1 aliphatic rings. The lowest BCUT2D eigenvalue weighted by Gasteiger charge is -2.16. The van der Waals surface area contributed by atoms with Gasteiger partial charge in [0.2, 0.25) is 11.9 Å². The summed E-state index contributed by atoms with van der Waals surface area (Å²) >= 11 is 6.29. The van der Waals surface area contributed by atoms with Crippen LogP contribution in [0, 0.1) is 0 Å². The summed E-state index contributed by atoms with van der Waals surface area (Å²) in [5.74, 6) is -0.595. The molecular formula is C24H23ClN6O3. The summed E-state index contributed by atoms with van der Waals surface area (Å²) in [6.45, 7) is 0.727. The second-order valence-corrected chi connectivity index (χ2v) is 8.32. The summed E-state index contributed by atoms with van der Waals surface area (Å²) in [5.41, 5.74) is 2.18. The zero-order valence-corrected chi connectivity index (χ0v) is 19.5. The smallest absolute Gasteiger partial charge is 0.294 e.